The molecular weight excluding hydrogens is 130 g/mol. The Labute approximate surface area is 62.2 Å². The molecule has 0 aliphatic heterocycles. The van der Waals surface area contributed by atoms with E-state index < -0.39 is 5.54 Å². The van der Waals surface area contributed by atoms with Gasteiger partial charge in [0.05, 0.1) is 24.9 Å². The van der Waals surface area contributed by atoms with Crippen molar-refractivity contribution >= 4 is 0 Å². The zero-order chi connectivity index (χ0) is 8.20. The number of aliphatic hydroxyl groups is 1. The first-order valence-electron chi connectivity index (χ1n) is 3.49. The molecule has 0 bridgehead atoms. The maximum absolute atomic E-state index is 8.70. The first kappa shape index (κ1) is 9.88. The number of hydrogen-bond donors (Lipinski definition) is 2. The van der Waals surface area contributed by atoms with Gasteiger partial charge in [-0.15, -0.1) is 0 Å². The Morgan fingerprint density at radius 1 is 1.60 bits per heavy atom. The van der Waals surface area contributed by atoms with Crippen LogP contribution in [0, 0.1) is 0 Å². The number of rotatable bonds is 4. The van der Waals surface area contributed by atoms with Gasteiger partial charge in [-0.3, -0.25) is 0 Å². The second-order valence-corrected chi connectivity index (χ2v) is 3.17. The topological polar surface area (TPSA) is 55.5 Å². The smallest absolute Gasteiger partial charge is 0.0669 e. The van der Waals surface area contributed by atoms with E-state index in [0.29, 0.717) is 6.61 Å². The van der Waals surface area contributed by atoms with E-state index in [4.69, 9.17) is 15.6 Å². The lowest BCUT2D eigenvalue weighted by Crippen LogP contribution is -2.45. The van der Waals surface area contributed by atoms with Crippen LogP contribution in [0.3, 0.4) is 0 Å². The van der Waals surface area contributed by atoms with Gasteiger partial charge in [-0.25, -0.2) is 0 Å². The summed E-state index contributed by atoms with van der Waals surface area (Å²) in [5.74, 6) is 0. The highest BCUT2D eigenvalue weighted by Gasteiger charge is 2.17. The fraction of sp³-hybridized carbons (Fsp3) is 1.00. The van der Waals surface area contributed by atoms with E-state index in [1.807, 2.05) is 13.8 Å². The molecule has 0 amide bonds. The van der Waals surface area contributed by atoms with Crippen molar-refractivity contribution in [2.75, 3.05) is 13.2 Å². The van der Waals surface area contributed by atoms with Gasteiger partial charge < -0.3 is 15.6 Å². The van der Waals surface area contributed by atoms with Gasteiger partial charge in [-0.05, 0) is 20.8 Å². The molecule has 0 saturated heterocycles. The van der Waals surface area contributed by atoms with Crippen molar-refractivity contribution in [3.8, 4) is 0 Å². The van der Waals surface area contributed by atoms with Crippen LogP contribution in [0.15, 0.2) is 0 Å². The molecule has 0 aromatic heterocycles. The third-order valence-corrected chi connectivity index (χ3v) is 1.11. The molecule has 1 atom stereocenters. The second kappa shape index (κ2) is 3.91. The first-order chi connectivity index (χ1) is 4.48. The Hall–Kier alpha value is -0.120. The number of nitrogens with two attached hydrogens (primary N) is 1. The molecule has 3 N–H and O–H groups in total. The summed E-state index contributed by atoms with van der Waals surface area (Å²) in [7, 11) is 0. The predicted octanol–water partition coefficient (Wildman–Crippen LogP) is 0.121. The maximum atomic E-state index is 8.70. The Morgan fingerprint density at radius 3 is 2.40 bits per heavy atom. The third kappa shape index (κ3) is 4.73. The molecule has 0 fully saturated rings. The Balaban J connectivity index is 3.46. The SMILES string of the molecule is CC(C)OCC(C)(N)CO. The van der Waals surface area contributed by atoms with Crippen LogP contribution in [0.25, 0.3) is 0 Å². The lowest BCUT2D eigenvalue weighted by molar-refractivity contribution is 0.0265. The average molecular weight is 147 g/mol. The lowest BCUT2D eigenvalue weighted by Gasteiger charge is -2.22. The standard InChI is InChI=1S/C7H17NO2/c1-6(2)10-5-7(3,8)4-9/h6,9H,4-5,8H2,1-3H3. The molecule has 0 spiro atoms. The zero-order valence-electron chi connectivity index (χ0n) is 6.92. The quantitative estimate of drug-likeness (QED) is 0.594. The minimum Gasteiger partial charge on any atom is -0.394 e. The van der Waals surface area contributed by atoms with Gasteiger partial charge in [-0.2, -0.15) is 0 Å². The van der Waals surface area contributed by atoms with Gasteiger partial charge in [-0.1, -0.05) is 0 Å². The van der Waals surface area contributed by atoms with Crippen LogP contribution in [-0.2, 0) is 4.74 Å². The van der Waals surface area contributed by atoms with E-state index in [9.17, 15) is 0 Å². The number of ether oxygens (including phenoxy) is 1. The summed E-state index contributed by atoms with van der Waals surface area (Å²) in [5.41, 5.74) is 5.00. The molecule has 0 aromatic rings. The maximum Gasteiger partial charge on any atom is 0.0669 e. The van der Waals surface area contributed by atoms with E-state index in [1.54, 1.807) is 6.92 Å². The molecule has 3 nitrogen and oxygen atoms in total. The summed E-state index contributed by atoms with van der Waals surface area (Å²) >= 11 is 0. The van der Waals surface area contributed by atoms with Crippen molar-refractivity contribution in [2.24, 2.45) is 5.73 Å². The van der Waals surface area contributed by atoms with Gasteiger partial charge in [0.25, 0.3) is 0 Å². The average Bonchev–Trinajstić information content (AvgIpc) is 1.85. The second-order valence-electron chi connectivity index (χ2n) is 3.17. The number of aliphatic hydroxyl groups excluding tert-OH is 1. The van der Waals surface area contributed by atoms with Gasteiger partial charge in [0.1, 0.15) is 0 Å². The highest BCUT2D eigenvalue weighted by Crippen LogP contribution is 2.00. The molecule has 0 aromatic carbocycles. The van der Waals surface area contributed by atoms with Crippen molar-refractivity contribution in [1.29, 1.82) is 0 Å². The van der Waals surface area contributed by atoms with Crippen molar-refractivity contribution < 1.29 is 9.84 Å². The van der Waals surface area contributed by atoms with Gasteiger partial charge >= 0.3 is 0 Å². The fourth-order valence-corrected chi connectivity index (χ4v) is 0.403. The van der Waals surface area contributed by atoms with E-state index in [1.165, 1.54) is 0 Å². The first-order valence-corrected chi connectivity index (χ1v) is 3.49. The summed E-state index contributed by atoms with van der Waals surface area (Å²) < 4.78 is 5.21. The van der Waals surface area contributed by atoms with Crippen molar-refractivity contribution in [1.82, 2.24) is 0 Å². The molecule has 3 heteroatoms. The summed E-state index contributed by atoms with van der Waals surface area (Å²) in [6, 6.07) is 0. The van der Waals surface area contributed by atoms with Crippen LogP contribution in [0.5, 0.6) is 0 Å². The van der Waals surface area contributed by atoms with E-state index in [0.717, 1.165) is 0 Å². The van der Waals surface area contributed by atoms with Gasteiger partial charge in [0.15, 0.2) is 0 Å². The molecular formula is C7H17NO2. The van der Waals surface area contributed by atoms with E-state index in [2.05, 4.69) is 0 Å². The largest absolute Gasteiger partial charge is 0.394 e. The van der Waals surface area contributed by atoms with Crippen LogP contribution in [-0.4, -0.2) is 30.0 Å². The monoisotopic (exact) mass is 147 g/mol. The Morgan fingerprint density at radius 2 is 2.10 bits per heavy atom. The lowest BCUT2D eigenvalue weighted by atomic mass is 10.1. The molecule has 0 aliphatic rings. The predicted molar refractivity (Wildman–Crippen MR) is 40.8 cm³/mol. The highest BCUT2D eigenvalue weighted by atomic mass is 16.5. The van der Waals surface area contributed by atoms with Crippen molar-refractivity contribution in [3.63, 3.8) is 0 Å². The molecule has 0 heterocycles. The highest BCUT2D eigenvalue weighted by molar-refractivity contribution is 4.76. The molecule has 0 saturated carbocycles. The van der Waals surface area contributed by atoms with Crippen LogP contribution >= 0.6 is 0 Å². The summed E-state index contributed by atoms with van der Waals surface area (Å²) in [6.45, 7) is 6.00. The summed E-state index contributed by atoms with van der Waals surface area (Å²) in [5, 5.41) is 8.70. The summed E-state index contributed by atoms with van der Waals surface area (Å²) in [4.78, 5) is 0. The Bertz CT molecular complexity index is 91.6. The minimum absolute atomic E-state index is 0.0419. The minimum atomic E-state index is -0.593. The Kier molecular flexibility index (Phi) is 3.86. The molecule has 0 radical (unpaired) electrons. The van der Waals surface area contributed by atoms with Crippen LogP contribution in [0.1, 0.15) is 20.8 Å². The van der Waals surface area contributed by atoms with Gasteiger partial charge in [0.2, 0.25) is 0 Å². The molecule has 10 heavy (non-hydrogen) atoms. The molecule has 0 rings (SSSR count). The molecule has 62 valence electrons. The van der Waals surface area contributed by atoms with Crippen molar-refractivity contribution in [2.45, 2.75) is 32.4 Å². The third-order valence-electron chi connectivity index (χ3n) is 1.11. The number of hydrogen-bond acceptors (Lipinski definition) is 3. The van der Waals surface area contributed by atoms with Crippen molar-refractivity contribution in [3.05, 3.63) is 0 Å². The summed E-state index contributed by atoms with van der Waals surface area (Å²) in [6.07, 6.45) is 0.175. The zero-order valence-corrected chi connectivity index (χ0v) is 6.92. The van der Waals surface area contributed by atoms with Crippen LogP contribution < -0.4 is 5.73 Å². The molecule has 0 aliphatic carbocycles. The van der Waals surface area contributed by atoms with E-state index >= 15 is 0 Å². The molecule has 1 unspecified atom stereocenters. The van der Waals surface area contributed by atoms with E-state index in [-0.39, 0.29) is 12.7 Å². The fourth-order valence-electron chi connectivity index (χ4n) is 0.403. The van der Waals surface area contributed by atoms with Crippen LogP contribution in [0.2, 0.25) is 0 Å². The van der Waals surface area contributed by atoms with Gasteiger partial charge in [0, 0.05) is 0 Å². The normalized spacial score (nSPS) is 17.4. The van der Waals surface area contributed by atoms with Crippen LogP contribution in [0.4, 0.5) is 0 Å².